The first-order chi connectivity index (χ1) is 7.67. The second-order valence-corrected chi connectivity index (χ2v) is 4.18. The van der Waals surface area contributed by atoms with E-state index >= 15 is 0 Å². The van der Waals surface area contributed by atoms with Crippen molar-refractivity contribution in [2.75, 3.05) is 0 Å². The van der Waals surface area contributed by atoms with Crippen LogP contribution in [-0.2, 0) is 13.2 Å². The zero-order chi connectivity index (χ0) is 11.7. The molecule has 1 aromatic heterocycles. The van der Waals surface area contributed by atoms with Crippen LogP contribution in [0.4, 0.5) is 0 Å². The van der Waals surface area contributed by atoms with Crippen molar-refractivity contribution in [1.29, 1.82) is 0 Å². The maximum Gasteiger partial charge on any atom is 0.135 e. The lowest BCUT2D eigenvalue weighted by Crippen LogP contribution is -2.06. The minimum absolute atomic E-state index is 0.0369. The lowest BCUT2D eigenvalue weighted by molar-refractivity contribution is 0.263. The van der Waals surface area contributed by atoms with Crippen LogP contribution in [0.5, 0.6) is 0 Å². The van der Waals surface area contributed by atoms with Gasteiger partial charge in [0.05, 0.1) is 11.0 Å². The van der Waals surface area contributed by atoms with E-state index in [-0.39, 0.29) is 12.6 Å². The molecule has 0 aliphatic heterocycles. The van der Waals surface area contributed by atoms with Gasteiger partial charge < -0.3 is 15.4 Å². The Bertz CT molecular complexity index is 502. The maximum atomic E-state index is 9.29. The van der Waals surface area contributed by atoms with Crippen molar-refractivity contribution in [3.05, 3.63) is 29.6 Å². The first kappa shape index (κ1) is 11.1. The summed E-state index contributed by atoms with van der Waals surface area (Å²) in [7, 11) is 0. The van der Waals surface area contributed by atoms with E-state index in [0.29, 0.717) is 12.4 Å². The third-order valence-electron chi connectivity index (χ3n) is 2.72. The minimum atomic E-state index is -0.0369. The molecular formula is C12H17N3O. The van der Waals surface area contributed by atoms with E-state index in [1.807, 2.05) is 18.2 Å². The quantitative estimate of drug-likeness (QED) is 0.823. The molecule has 4 nitrogen and oxygen atoms in total. The number of hydrogen-bond donors (Lipinski definition) is 2. The largest absolute Gasteiger partial charge is 0.388 e. The Balaban J connectivity index is 2.67. The van der Waals surface area contributed by atoms with Gasteiger partial charge >= 0.3 is 0 Å². The number of benzene rings is 1. The van der Waals surface area contributed by atoms with Gasteiger partial charge in [-0.25, -0.2) is 4.98 Å². The van der Waals surface area contributed by atoms with E-state index in [0.717, 1.165) is 16.6 Å². The average molecular weight is 219 g/mol. The molecule has 4 heteroatoms. The van der Waals surface area contributed by atoms with Crippen molar-refractivity contribution in [2.45, 2.75) is 33.0 Å². The summed E-state index contributed by atoms with van der Waals surface area (Å²) in [6, 6.07) is 6.29. The third-order valence-corrected chi connectivity index (χ3v) is 2.72. The molecule has 86 valence electrons. The van der Waals surface area contributed by atoms with Crippen molar-refractivity contribution in [1.82, 2.24) is 9.55 Å². The zero-order valence-electron chi connectivity index (χ0n) is 9.64. The Morgan fingerprint density at radius 3 is 2.75 bits per heavy atom. The average Bonchev–Trinajstić information content (AvgIpc) is 2.65. The topological polar surface area (TPSA) is 64.1 Å². The van der Waals surface area contributed by atoms with Crippen LogP contribution in [-0.4, -0.2) is 14.7 Å². The van der Waals surface area contributed by atoms with Crippen LogP contribution in [0.3, 0.4) is 0 Å². The Hall–Kier alpha value is -1.39. The van der Waals surface area contributed by atoms with Gasteiger partial charge in [-0.05, 0) is 31.5 Å². The highest BCUT2D eigenvalue weighted by molar-refractivity contribution is 5.77. The molecule has 0 saturated carbocycles. The van der Waals surface area contributed by atoms with Gasteiger partial charge in [-0.2, -0.15) is 0 Å². The molecule has 16 heavy (non-hydrogen) atoms. The number of aromatic nitrogens is 2. The van der Waals surface area contributed by atoms with Gasteiger partial charge in [-0.15, -0.1) is 0 Å². The lowest BCUT2D eigenvalue weighted by Gasteiger charge is -2.11. The van der Waals surface area contributed by atoms with Crippen LogP contribution in [0.25, 0.3) is 11.0 Å². The molecule has 0 bridgehead atoms. The first-order valence-electron chi connectivity index (χ1n) is 5.48. The second-order valence-electron chi connectivity index (χ2n) is 4.18. The van der Waals surface area contributed by atoms with E-state index < -0.39 is 0 Å². The highest BCUT2D eigenvalue weighted by Crippen LogP contribution is 2.22. The summed E-state index contributed by atoms with van der Waals surface area (Å²) in [5.74, 6) is 0.708. The second kappa shape index (κ2) is 4.23. The molecule has 0 amide bonds. The third kappa shape index (κ3) is 1.70. The number of aliphatic hydroxyl groups is 1. The fraction of sp³-hybridized carbons (Fsp3) is 0.417. The molecule has 0 fully saturated rings. The van der Waals surface area contributed by atoms with Crippen LogP contribution >= 0.6 is 0 Å². The van der Waals surface area contributed by atoms with Crippen LogP contribution in [0.15, 0.2) is 18.2 Å². The number of hydrogen-bond acceptors (Lipinski definition) is 3. The summed E-state index contributed by atoms with van der Waals surface area (Å²) in [5, 5.41) is 9.29. The van der Waals surface area contributed by atoms with Crippen LogP contribution in [0.1, 0.15) is 31.3 Å². The lowest BCUT2D eigenvalue weighted by atomic mass is 10.2. The van der Waals surface area contributed by atoms with Gasteiger partial charge in [0.1, 0.15) is 12.4 Å². The molecule has 0 unspecified atom stereocenters. The van der Waals surface area contributed by atoms with Gasteiger partial charge in [-0.3, -0.25) is 0 Å². The predicted molar refractivity (Wildman–Crippen MR) is 63.9 cm³/mol. The van der Waals surface area contributed by atoms with Gasteiger partial charge in [0.15, 0.2) is 0 Å². The van der Waals surface area contributed by atoms with E-state index in [4.69, 9.17) is 5.73 Å². The molecule has 0 aliphatic rings. The summed E-state index contributed by atoms with van der Waals surface area (Å²) in [6.45, 7) is 4.64. The number of aliphatic hydroxyl groups excluding tert-OH is 1. The number of rotatable bonds is 3. The predicted octanol–water partition coefficient (Wildman–Crippen LogP) is 1.57. The fourth-order valence-corrected chi connectivity index (χ4v) is 2.01. The number of nitrogens with two attached hydrogens (primary N) is 1. The van der Waals surface area contributed by atoms with Crippen molar-refractivity contribution in [3.8, 4) is 0 Å². The van der Waals surface area contributed by atoms with Crippen molar-refractivity contribution >= 4 is 11.0 Å². The Morgan fingerprint density at radius 2 is 2.19 bits per heavy atom. The molecule has 2 aromatic rings. The van der Waals surface area contributed by atoms with Crippen molar-refractivity contribution in [2.24, 2.45) is 5.73 Å². The van der Waals surface area contributed by atoms with E-state index in [1.165, 1.54) is 0 Å². The minimum Gasteiger partial charge on any atom is -0.388 e. The van der Waals surface area contributed by atoms with E-state index in [9.17, 15) is 5.11 Å². The molecule has 0 saturated heterocycles. The van der Waals surface area contributed by atoms with Crippen LogP contribution in [0.2, 0.25) is 0 Å². The molecule has 0 radical (unpaired) electrons. The Kier molecular flexibility index (Phi) is 2.94. The summed E-state index contributed by atoms with van der Waals surface area (Å²) in [4.78, 5) is 4.42. The monoisotopic (exact) mass is 219 g/mol. The normalized spacial score (nSPS) is 11.6. The summed E-state index contributed by atoms with van der Waals surface area (Å²) in [6.07, 6.45) is 0. The summed E-state index contributed by atoms with van der Waals surface area (Å²) < 4.78 is 2.05. The SMILES string of the molecule is CC(C)n1c(CO)nc2cc(CN)ccc21. The molecule has 2 rings (SSSR count). The molecule has 0 aliphatic carbocycles. The number of imidazole rings is 1. The number of nitrogens with zero attached hydrogens (tertiary/aromatic N) is 2. The summed E-state index contributed by atoms with van der Waals surface area (Å²) >= 11 is 0. The highest BCUT2D eigenvalue weighted by atomic mass is 16.3. The van der Waals surface area contributed by atoms with Crippen molar-refractivity contribution in [3.63, 3.8) is 0 Å². The smallest absolute Gasteiger partial charge is 0.135 e. The maximum absolute atomic E-state index is 9.29. The van der Waals surface area contributed by atoms with E-state index in [2.05, 4.69) is 23.4 Å². The standard InChI is InChI=1S/C12H17N3O/c1-8(2)15-11-4-3-9(6-13)5-10(11)14-12(15)7-16/h3-5,8,16H,6-7,13H2,1-2H3. The summed E-state index contributed by atoms with van der Waals surface area (Å²) in [5.41, 5.74) is 8.61. The van der Waals surface area contributed by atoms with Gasteiger partial charge in [-0.1, -0.05) is 6.07 Å². The molecule has 1 heterocycles. The van der Waals surface area contributed by atoms with Crippen molar-refractivity contribution < 1.29 is 5.11 Å². The first-order valence-corrected chi connectivity index (χ1v) is 5.48. The molecule has 3 N–H and O–H groups in total. The van der Waals surface area contributed by atoms with E-state index in [1.54, 1.807) is 0 Å². The zero-order valence-corrected chi connectivity index (χ0v) is 9.64. The molecular weight excluding hydrogens is 202 g/mol. The Morgan fingerprint density at radius 1 is 1.44 bits per heavy atom. The molecule has 0 atom stereocenters. The van der Waals surface area contributed by atoms with Gasteiger partial charge in [0, 0.05) is 12.6 Å². The highest BCUT2D eigenvalue weighted by Gasteiger charge is 2.12. The van der Waals surface area contributed by atoms with Crippen LogP contribution < -0.4 is 5.73 Å². The Labute approximate surface area is 94.7 Å². The van der Waals surface area contributed by atoms with Crippen LogP contribution in [0, 0.1) is 0 Å². The van der Waals surface area contributed by atoms with Gasteiger partial charge in [0.2, 0.25) is 0 Å². The fourth-order valence-electron chi connectivity index (χ4n) is 2.01. The number of fused-ring (bicyclic) bond motifs is 1. The molecule has 1 aromatic carbocycles. The van der Waals surface area contributed by atoms with Gasteiger partial charge in [0.25, 0.3) is 0 Å². The molecule has 0 spiro atoms.